The van der Waals surface area contributed by atoms with Crippen LogP contribution in [0.4, 0.5) is 5.82 Å². The molecule has 20 heavy (non-hydrogen) atoms. The summed E-state index contributed by atoms with van der Waals surface area (Å²) in [5, 5.41) is 1.16. The predicted octanol–water partition coefficient (Wildman–Crippen LogP) is 4.76. The average Bonchev–Trinajstić information content (AvgIpc) is 2.64. The van der Waals surface area contributed by atoms with Gasteiger partial charge < -0.3 is 10.3 Å². The van der Waals surface area contributed by atoms with Crippen molar-refractivity contribution < 1.29 is 0 Å². The van der Waals surface area contributed by atoms with E-state index in [2.05, 4.69) is 37.2 Å². The number of halogens is 2. The fourth-order valence-electron chi connectivity index (χ4n) is 2.37. The van der Waals surface area contributed by atoms with Gasteiger partial charge in [-0.2, -0.15) is 0 Å². The van der Waals surface area contributed by atoms with Crippen LogP contribution in [0.1, 0.15) is 33.5 Å². The van der Waals surface area contributed by atoms with Gasteiger partial charge in [0.15, 0.2) is 0 Å². The minimum atomic E-state index is -0.122. The highest BCUT2D eigenvalue weighted by Crippen LogP contribution is 2.34. The molecule has 0 aliphatic rings. The zero-order chi connectivity index (χ0) is 15.1. The van der Waals surface area contributed by atoms with Crippen molar-refractivity contribution in [1.82, 2.24) is 9.55 Å². The fourth-order valence-corrected chi connectivity index (χ4v) is 2.90. The molecule has 0 radical (unpaired) electrons. The van der Waals surface area contributed by atoms with Crippen molar-refractivity contribution in [3.63, 3.8) is 0 Å². The molecule has 2 rings (SSSR count). The van der Waals surface area contributed by atoms with Crippen LogP contribution in [0.2, 0.25) is 10.0 Å². The number of hydrogen-bond acceptors (Lipinski definition) is 2. The maximum Gasteiger partial charge on any atom is 0.132 e. The Balaban J connectivity index is 2.67. The molecular weight excluding hydrogens is 293 g/mol. The van der Waals surface area contributed by atoms with E-state index in [-0.39, 0.29) is 5.54 Å². The summed E-state index contributed by atoms with van der Waals surface area (Å²) in [5.41, 5.74) is 7.77. The van der Waals surface area contributed by atoms with Gasteiger partial charge in [0, 0.05) is 27.6 Å². The molecular formula is C15H19Cl2N3. The number of nitrogens with zero attached hydrogens (tertiary/aromatic N) is 2. The topological polar surface area (TPSA) is 43.8 Å². The van der Waals surface area contributed by atoms with Crippen LogP contribution in [-0.4, -0.2) is 9.55 Å². The van der Waals surface area contributed by atoms with E-state index in [1.165, 1.54) is 0 Å². The highest BCUT2D eigenvalue weighted by Gasteiger charge is 2.23. The normalized spacial score (nSPS) is 11.9. The highest BCUT2D eigenvalue weighted by molar-refractivity contribution is 6.35. The Morgan fingerprint density at radius 3 is 2.10 bits per heavy atom. The van der Waals surface area contributed by atoms with Crippen LogP contribution in [0, 0.1) is 0 Å². The summed E-state index contributed by atoms with van der Waals surface area (Å²) >= 11 is 12.1. The van der Waals surface area contributed by atoms with E-state index in [1.807, 2.05) is 12.1 Å². The Kier molecular flexibility index (Phi) is 4.03. The van der Waals surface area contributed by atoms with E-state index >= 15 is 0 Å². The third-order valence-corrected chi connectivity index (χ3v) is 3.54. The van der Waals surface area contributed by atoms with E-state index in [0.717, 1.165) is 23.5 Å². The molecule has 1 aromatic carbocycles. The first-order valence-electron chi connectivity index (χ1n) is 6.58. The predicted molar refractivity (Wildman–Crippen MR) is 86.5 cm³/mol. The molecule has 0 bridgehead atoms. The summed E-state index contributed by atoms with van der Waals surface area (Å²) in [7, 11) is 0. The van der Waals surface area contributed by atoms with Crippen LogP contribution in [0.3, 0.4) is 0 Å². The third kappa shape index (κ3) is 2.79. The molecule has 1 aromatic heterocycles. The number of rotatable bonds is 2. The summed E-state index contributed by atoms with van der Waals surface area (Å²) < 4.78 is 2.07. The fraction of sp³-hybridized carbons (Fsp3) is 0.400. The minimum absolute atomic E-state index is 0.122. The van der Waals surface area contributed by atoms with Crippen molar-refractivity contribution in [1.29, 1.82) is 0 Å². The molecule has 0 aliphatic heterocycles. The van der Waals surface area contributed by atoms with Crippen molar-refractivity contribution in [2.75, 3.05) is 5.73 Å². The van der Waals surface area contributed by atoms with Crippen LogP contribution in [0.15, 0.2) is 18.2 Å². The molecule has 0 aliphatic carbocycles. The second-order valence-electron chi connectivity index (χ2n) is 5.78. The number of imidazole rings is 1. The van der Waals surface area contributed by atoms with Crippen molar-refractivity contribution in [3.8, 4) is 11.3 Å². The van der Waals surface area contributed by atoms with Gasteiger partial charge in [-0.15, -0.1) is 0 Å². The number of anilines is 1. The lowest BCUT2D eigenvalue weighted by atomic mass is 10.1. The lowest BCUT2D eigenvalue weighted by Crippen LogP contribution is -2.25. The van der Waals surface area contributed by atoms with Crippen molar-refractivity contribution in [3.05, 3.63) is 34.1 Å². The van der Waals surface area contributed by atoms with Crippen LogP contribution >= 0.6 is 23.2 Å². The molecule has 5 heteroatoms. The standard InChI is InChI=1S/C15H19Cl2N3/c1-5-12-19-13(14(18)20(12)15(2,3)4)9-6-10(16)8-11(17)7-9/h6-8H,5,18H2,1-4H3. The van der Waals surface area contributed by atoms with Crippen molar-refractivity contribution in [2.45, 2.75) is 39.7 Å². The molecule has 1 heterocycles. The van der Waals surface area contributed by atoms with E-state index in [4.69, 9.17) is 28.9 Å². The molecule has 0 saturated heterocycles. The van der Waals surface area contributed by atoms with E-state index in [9.17, 15) is 0 Å². The van der Waals surface area contributed by atoms with Gasteiger partial charge in [0.1, 0.15) is 17.3 Å². The quantitative estimate of drug-likeness (QED) is 0.869. The zero-order valence-electron chi connectivity index (χ0n) is 12.2. The van der Waals surface area contributed by atoms with Gasteiger partial charge in [-0.25, -0.2) is 4.98 Å². The molecule has 0 fully saturated rings. The van der Waals surface area contributed by atoms with E-state index < -0.39 is 0 Å². The number of hydrogen-bond donors (Lipinski definition) is 1. The number of nitrogens with two attached hydrogens (primary N) is 1. The third-order valence-electron chi connectivity index (χ3n) is 3.11. The number of aromatic nitrogens is 2. The lowest BCUT2D eigenvalue weighted by Gasteiger charge is -2.24. The summed E-state index contributed by atoms with van der Waals surface area (Å²) in [4.78, 5) is 4.67. The lowest BCUT2D eigenvalue weighted by molar-refractivity contribution is 0.389. The second-order valence-corrected chi connectivity index (χ2v) is 6.65. The summed E-state index contributed by atoms with van der Waals surface area (Å²) in [6, 6.07) is 5.36. The van der Waals surface area contributed by atoms with Crippen molar-refractivity contribution >= 4 is 29.0 Å². The molecule has 0 saturated carbocycles. The van der Waals surface area contributed by atoms with Gasteiger partial charge in [0.25, 0.3) is 0 Å². The summed E-state index contributed by atoms with van der Waals surface area (Å²) in [5.74, 6) is 1.61. The van der Waals surface area contributed by atoms with Gasteiger partial charge in [-0.1, -0.05) is 30.1 Å². The molecule has 0 amide bonds. The summed E-state index contributed by atoms with van der Waals surface area (Å²) in [6.07, 6.45) is 0.815. The maximum absolute atomic E-state index is 6.31. The molecule has 0 atom stereocenters. The van der Waals surface area contributed by atoms with E-state index in [1.54, 1.807) is 6.07 Å². The molecule has 2 N–H and O–H groups in total. The summed E-state index contributed by atoms with van der Waals surface area (Å²) in [6.45, 7) is 8.40. The van der Waals surface area contributed by atoms with Crippen LogP contribution in [0.5, 0.6) is 0 Å². The average molecular weight is 312 g/mol. The Bertz CT molecular complexity index is 619. The molecule has 2 aromatic rings. The highest BCUT2D eigenvalue weighted by atomic mass is 35.5. The van der Waals surface area contributed by atoms with Crippen LogP contribution in [-0.2, 0) is 12.0 Å². The molecule has 3 nitrogen and oxygen atoms in total. The molecule has 0 spiro atoms. The van der Waals surface area contributed by atoms with Gasteiger partial charge in [-0.3, -0.25) is 0 Å². The zero-order valence-corrected chi connectivity index (χ0v) is 13.7. The van der Waals surface area contributed by atoms with Gasteiger partial charge >= 0.3 is 0 Å². The van der Waals surface area contributed by atoms with Gasteiger partial charge in [0.05, 0.1) is 0 Å². The Hall–Kier alpha value is -1.19. The Morgan fingerprint density at radius 1 is 1.15 bits per heavy atom. The number of nitrogen functional groups attached to an aromatic ring is 1. The first-order chi connectivity index (χ1) is 9.24. The maximum atomic E-state index is 6.31. The first kappa shape index (κ1) is 15.2. The number of benzene rings is 1. The minimum Gasteiger partial charge on any atom is -0.383 e. The Labute approximate surface area is 129 Å². The molecule has 108 valence electrons. The SMILES string of the molecule is CCc1nc(-c2cc(Cl)cc(Cl)c2)c(N)n1C(C)(C)C. The van der Waals surface area contributed by atoms with Gasteiger partial charge in [0.2, 0.25) is 0 Å². The van der Waals surface area contributed by atoms with E-state index in [0.29, 0.717) is 15.9 Å². The molecule has 0 unspecified atom stereocenters. The second kappa shape index (κ2) is 5.30. The van der Waals surface area contributed by atoms with Crippen molar-refractivity contribution in [2.24, 2.45) is 0 Å². The Morgan fingerprint density at radius 2 is 1.70 bits per heavy atom. The van der Waals surface area contributed by atoms with Crippen LogP contribution < -0.4 is 5.73 Å². The number of aryl methyl sites for hydroxylation is 1. The largest absolute Gasteiger partial charge is 0.383 e. The smallest absolute Gasteiger partial charge is 0.132 e. The van der Waals surface area contributed by atoms with Gasteiger partial charge in [-0.05, 0) is 39.0 Å². The first-order valence-corrected chi connectivity index (χ1v) is 7.33. The van der Waals surface area contributed by atoms with Crippen LogP contribution in [0.25, 0.3) is 11.3 Å². The monoisotopic (exact) mass is 311 g/mol.